The van der Waals surface area contributed by atoms with Crippen molar-refractivity contribution in [3.8, 4) is 5.69 Å². The number of para-hydroxylation sites is 1. The van der Waals surface area contributed by atoms with Crippen molar-refractivity contribution < 1.29 is 14.6 Å². The lowest BCUT2D eigenvalue weighted by atomic mass is 9.92. The van der Waals surface area contributed by atoms with Crippen LogP contribution in [0.5, 0.6) is 0 Å². The molecule has 2 fully saturated rings. The van der Waals surface area contributed by atoms with Gasteiger partial charge in [0.05, 0.1) is 29.5 Å². The monoisotopic (exact) mass is 355 g/mol. The SMILES string of the molecule is Cc1nn(-c2ccccc2)c(C)c1[C@H]1OCC[C@@H]1C(=O)N1CC[C@@H](O)C1. The number of rotatable bonds is 3. The van der Waals surface area contributed by atoms with Crippen LogP contribution in [-0.2, 0) is 9.53 Å². The van der Waals surface area contributed by atoms with E-state index < -0.39 is 6.10 Å². The van der Waals surface area contributed by atoms with E-state index in [1.54, 1.807) is 4.90 Å². The quantitative estimate of drug-likeness (QED) is 0.916. The maximum Gasteiger partial charge on any atom is 0.228 e. The third-order valence-corrected chi connectivity index (χ3v) is 5.52. The lowest BCUT2D eigenvalue weighted by Crippen LogP contribution is -2.36. The van der Waals surface area contributed by atoms with E-state index in [1.807, 2.05) is 48.9 Å². The van der Waals surface area contributed by atoms with Crippen LogP contribution in [0.3, 0.4) is 0 Å². The second-order valence-corrected chi connectivity index (χ2v) is 7.25. The minimum Gasteiger partial charge on any atom is -0.391 e. The van der Waals surface area contributed by atoms with Gasteiger partial charge in [-0.2, -0.15) is 5.10 Å². The molecule has 26 heavy (non-hydrogen) atoms. The van der Waals surface area contributed by atoms with Gasteiger partial charge in [-0.15, -0.1) is 0 Å². The molecule has 3 heterocycles. The van der Waals surface area contributed by atoms with Crippen molar-refractivity contribution >= 4 is 5.91 Å². The molecule has 0 radical (unpaired) electrons. The minimum absolute atomic E-state index is 0.0929. The largest absolute Gasteiger partial charge is 0.391 e. The molecule has 138 valence electrons. The zero-order valence-electron chi connectivity index (χ0n) is 15.3. The first-order chi connectivity index (χ1) is 12.6. The summed E-state index contributed by atoms with van der Waals surface area (Å²) in [6, 6.07) is 10.0. The number of hydrogen-bond donors (Lipinski definition) is 1. The first-order valence-corrected chi connectivity index (χ1v) is 9.26. The van der Waals surface area contributed by atoms with Gasteiger partial charge in [-0.3, -0.25) is 4.79 Å². The molecule has 0 bridgehead atoms. The lowest BCUT2D eigenvalue weighted by Gasteiger charge is -2.24. The van der Waals surface area contributed by atoms with Crippen molar-refractivity contribution in [3.05, 3.63) is 47.3 Å². The Morgan fingerprint density at radius 3 is 2.69 bits per heavy atom. The smallest absolute Gasteiger partial charge is 0.228 e. The van der Waals surface area contributed by atoms with Crippen LogP contribution in [-0.4, -0.2) is 51.5 Å². The average molecular weight is 355 g/mol. The molecule has 1 aromatic heterocycles. The Hall–Kier alpha value is -2.18. The minimum atomic E-state index is -0.399. The van der Waals surface area contributed by atoms with E-state index >= 15 is 0 Å². The van der Waals surface area contributed by atoms with E-state index in [9.17, 15) is 9.90 Å². The second-order valence-electron chi connectivity index (χ2n) is 7.25. The summed E-state index contributed by atoms with van der Waals surface area (Å²) >= 11 is 0. The van der Waals surface area contributed by atoms with E-state index in [0.29, 0.717) is 32.5 Å². The molecule has 1 amide bonds. The lowest BCUT2D eigenvalue weighted by molar-refractivity contribution is -0.136. The molecule has 2 aliphatic rings. The van der Waals surface area contributed by atoms with Crippen molar-refractivity contribution in [2.24, 2.45) is 5.92 Å². The molecule has 1 N–H and O–H groups in total. The Morgan fingerprint density at radius 1 is 1.23 bits per heavy atom. The standard InChI is InChI=1S/C20H25N3O3/c1-13-18(14(2)23(21-13)15-6-4-3-5-7-15)19-17(9-11-26-19)20(25)22-10-8-16(24)12-22/h3-7,16-17,19,24H,8-12H2,1-2H3/t16-,17+,19+/m1/s1. The van der Waals surface area contributed by atoms with Crippen LogP contribution >= 0.6 is 0 Å². The first-order valence-electron chi connectivity index (χ1n) is 9.26. The number of likely N-dealkylation sites (tertiary alicyclic amines) is 1. The molecule has 2 aliphatic heterocycles. The van der Waals surface area contributed by atoms with Gasteiger partial charge in [0.25, 0.3) is 0 Å². The number of aliphatic hydroxyl groups is 1. The number of aromatic nitrogens is 2. The number of β-amino-alcohol motifs (C(OH)–C–C–N with tert-alkyl or cyclic N) is 1. The van der Waals surface area contributed by atoms with Crippen molar-refractivity contribution in [3.63, 3.8) is 0 Å². The second kappa shape index (κ2) is 6.85. The van der Waals surface area contributed by atoms with Crippen LogP contribution in [0.25, 0.3) is 5.69 Å². The predicted molar refractivity (Wildman–Crippen MR) is 97.0 cm³/mol. The Morgan fingerprint density at radius 2 is 2.00 bits per heavy atom. The van der Waals surface area contributed by atoms with Crippen LogP contribution < -0.4 is 0 Å². The molecule has 6 nitrogen and oxygen atoms in total. The van der Waals surface area contributed by atoms with E-state index in [-0.39, 0.29) is 17.9 Å². The fourth-order valence-corrected chi connectivity index (χ4v) is 4.19. The fourth-order valence-electron chi connectivity index (χ4n) is 4.19. The van der Waals surface area contributed by atoms with Crippen LogP contribution in [0.4, 0.5) is 0 Å². The van der Waals surface area contributed by atoms with Crippen molar-refractivity contribution in [2.75, 3.05) is 19.7 Å². The molecular formula is C20H25N3O3. The number of amides is 1. The molecule has 0 unspecified atom stereocenters. The molecule has 3 atom stereocenters. The van der Waals surface area contributed by atoms with Gasteiger partial charge in [0.1, 0.15) is 0 Å². The average Bonchev–Trinajstić information content (AvgIpc) is 3.34. The Kier molecular flexibility index (Phi) is 4.54. The van der Waals surface area contributed by atoms with E-state index in [1.165, 1.54) is 0 Å². The van der Waals surface area contributed by atoms with Gasteiger partial charge < -0.3 is 14.7 Å². The Balaban J connectivity index is 1.64. The third-order valence-electron chi connectivity index (χ3n) is 5.52. The number of hydrogen-bond acceptors (Lipinski definition) is 4. The molecule has 1 aromatic carbocycles. The third kappa shape index (κ3) is 2.93. The highest BCUT2D eigenvalue weighted by Gasteiger charge is 2.41. The summed E-state index contributed by atoms with van der Waals surface area (Å²) in [7, 11) is 0. The molecule has 0 saturated carbocycles. The maximum atomic E-state index is 13.0. The topological polar surface area (TPSA) is 67.6 Å². The summed E-state index contributed by atoms with van der Waals surface area (Å²) in [5.41, 5.74) is 3.93. The van der Waals surface area contributed by atoms with E-state index in [4.69, 9.17) is 9.84 Å². The Labute approximate surface area is 153 Å². The zero-order valence-corrected chi connectivity index (χ0v) is 15.3. The van der Waals surface area contributed by atoms with Gasteiger partial charge in [0, 0.05) is 31.0 Å². The number of carbonyl (C=O) groups excluding carboxylic acids is 1. The Bertz CT molecular complexity index is 802. The summed E-state index contributed by atoms with van der Waals surface area (Å²) in [6.45, 7) is 5.65. The van der Waals surface area contributed by atoms with Gasteiger partial charge in [-0.25, -0.2) is 4.68 Å². The first kappa shape index (κ1) is 17.2. The number of benzene rings is 1. The number of nitrogens with zero attached hydrogens (tertiary/aromatic N) is 3. The van der Waals surface area contributed by atoms with E-state index in [2.05, 4.69) is 0 Å². The summed E-state index contributed by atoms with van der Waals surface area (Å²) < 4.78 is 7.93. The molecule has 0 spiro atoms. The molecule has 4 rings (SSSR count). The highest BCUT2D eigenvalue weighted by atomic mass is 16.5. The maximum absolute atomic E-state index is 13.0. The van der Waals surface area contributed by atoms with Crippen molar-refractivity contribution in [1.29, 1.82) is 0 Å². The molecule has 6 heteroatoms. The number of carbonyl (C=O) groups is 1. The van der Waals surface area contributed by atoms with Crippen molar-refractivity contribution in [2.45, 2.75) is 38.9 Å². The van der Waals surface area contributed by atoms with Crippen molar-refractivity contribution in [1.82, 2.24) is 14.7 Å². The highest BCUT2D eigenvalue weighted by Crippen LogP contribution is 2.39. The van der Waals surface area contributed by atoms with Gasteiger partial charge >= 0.3 is 0 Å². The van der Waals surface area contributed by atoms with Gasteiger partial charge in [-0.1, -0.05) is 18.2 Å². The van der Waals surface area contributed by atoms with Crippen LogP contribution in [0.15, 0.2) is 30.3 Å². The summed E-state index contributed by atoms with van der Waals surface area (Å²) in [5, 5.41) is 14.5. The predicted octanol–water partition coefficient (Wildman–Crippen LogP) is 2.16. The zero-order chi connectivity index (χ0) is 18.3. The molecule has 2 aromatic rings. The fraction of sp³-hybridized carbons (Fsp3) is 0.500. The molecule has 2 saturated heterocycles. The number of aryl methyl sites for hydroxylation is 1. The highest BCUT2D eigenvalue weighted by molar-refractivity contribution is 5.80. The summed E-state index contributed by atoms with van der Waals surface area (Å²) in [6.07, 6.45) is 0.709. The summed E-state index contributed by atoms with van der Waals surface area (Å²) in [4.78, 5) is 14.8. The van der Waals surface area contributed by atoms with E-state index in [0.717, 1.165) is 22.6 Å². The molecule has 0 aliphatic carbocycles. The van der Waals surface area contributed by atoms with Gasteiger partial charge in [-0.05, 0) is 38.8 Å². The normalized spacial score (nSPS) is 25.8. The van der Waals surface area contributed by atoms with Crippen LogP contribution in [0.2, 0.25) is 0 Å². The van der Waals surface area contributed by atoms with Crippen LogP contribution in [0.1, 0.15) is 35.9 Å². The van der Waals surface area contributed by atoms with Gasteiger partial charge in [0.15, 0.2) is 0 Å². The van der Waals surface area contributed by atoms with Crippen LogP contribution in [0, 0.1) is 19.8 Å². The molecular weight excluding hydrogens is 330 g/mol. The number of ether oxygens (including phenoxy) is 1. The summed E-state index contributed by atoms with van der Waals surface area (Å²) in [5.74, 6) is -0.110. The number of aliphatic hydroxyl groups excluding tert-OH is 1. The van der Waals surface area contributed by atoms with Gasteiger partial charge in [0.2, 0.25) is 5.91 Å².